The molecule has 0 aromatic rings. The van der Waals surface area contributed by atoms with Crippen molar-refractivity contribution in [2.24, 2.45) is 11.8 Å². The summed E-state index contributed by atoms with van der Waals surface area (Å²) >= 11 is 0. The number of hydrogen-bond acceptors (Lipinski definition) is 2. The van der Waals surface area contributed by atoms with Crippen LogP contribution in [0.25, 0.3) is 0 Å². The molecule has 0 aromatic carbocycles. The van der Waals surface area contributed by atoms with Gasteiger partial charge in [-0.1, -0.05) is 25.3 Å². The number of aliphatic carboxylic acids is 1. The lowest BCUT2D eigenvalue weighted by Crippen LogP contribution is -2.35. The summed E-state index contributed by atoms with van der Waals surface area (Å²) < 4.78 is 0. The zero-order chi connectivity index (χ0) is 13.2. The first kappa shape index (κ1) is 15.2. The summed E-state index contributed by atoms with van der Waals surface area (Å²) in [6, 6.07) is 0. The van der Waals surface area contributed by atoms with Gasteiger partial charge >= 0.3 is 5.97 Å². The molecule has 0 aromatic heterocycles. The normalized spacial score (nSPS) is 23.8. The van der Waals surface area contributed by atoms with Gasteiger partial charge < -0.3 is 10.4 Å². The van der Waals surface area contributed by atoms with Crippen LogP contribution in [0.15, 0.2) is 12.7 Å². The third-order valence-electron chi connectivity index (χ3n) is 3.89. The van der Waals surface area contributed by atoms with E-state index in [0.717, 1.165) is 38.8 Å². The van der Waals surface area contributed by atoms with Crippen LogP contribution in [0, 0.1) is 11.8 Å². The fraction of sp³-hybridized carbons (Fsp3) is 0.800. The van der Waals surface area contributed by atoms with Crippen LogP contribution in [0.3, 0.4) is 0 Å². The third kappa shape index (κ3) is 5.67. The van der Waals surface area contributed by atoms with Gasteiger partial charge in [0.2, 0.25) is 0 Å². The molecule has 2 unspecified atom stereocenters. The van der Waals surface area contributed by atoms with E-state index in [9.17, 15) is 9.90 Å². The lowest BCUT2D eigenvalue weighted by molar-refractivity contribution is -0.144. The smallest absolute Gasteiger partial charge is 0.306 e. The van der Waals surface area contributed by atoms with Gasteiger partial charge in [0.1, 0.15) is 0 Å². The summed E-state index contributed by atoms with van der Waals surface area (Å²) in [5.41, 5.74) is 0. The van der Waals surface area contributed by atoms with Crippen molar-refractivity contribution in [3.05, 3.63) is 12.7 Å². The van der Waals surface area contributed by atoms with Crippen LogP contribution in [0.1, 0.15) is 51.4 Å². The van der Waals surface area contributed by atoms with E-state index in [4.69, 9.17) is 0 Å². The van der Waals surface area contributed by atoms with E-state index in [1.54, 1.807) is 0 Å². The highest BCUT2D eigenvalue weighted by Crippen LogP contribution is 2.29. The molecule has 0 bridgehead atoms. The van der Waals surface area contributed by atoms with Crippen molar-refractivity contribution in [2.45, 2.75) is 51.4 Å². The van der Waals surface area contributed by atoms with Crippen LogP contribution in [-0.4, -0.2) is 24.2 Å². The topological polar surface area (TPSA) is 49.3 Å². The van der Waals surface area contributed by atoms with Crippen molar-refractivity contribution in [3.63, 3.8) is 0 Å². The standard InChI is InChI=1S/C15H27NO2/c1-2-3-4-5-8-11-16-12-13-9-6-7-10-14(13)15(17)18/h2,13-14,16H,1,3-12H2,(H,17,18). The fourth-order valence-electron chi connectivity index (χ4n) is 2.78. The van der Waals surface area contributed by atoms with Gasteiger partial charge in [0.15, 0.2) is 0 Å². The van der Waals surface area contributed by atoms with Crippen molar-refractivity contribution >= 4 is 5.97 Å². The van der Waals surface area contributed by atoms with E-state index in [-0.39, 0.29) is 5.92 Å². The summed E-state index contributed by atoms with van der Waals surface area (Å²) in [5, 5.41) is 12.6. The molecule has 0 aliphatic heterocycles. The summed E-state index contributed by atoms with van der Waals surface area (Å²) in [5.74, 6) is -0.385. The number of carboxylic acid groups (broad SMARTS) is 1. The highest BCUT2D eigenvalue weighted by molar-refractivity contribution is 5.70. The summed E-state index contributed by atoms with van der Waals surface area (Å²) in [4.78, 5) is 11.1. The predicted octanol–water partition coefficient (Wildman–Crippen LogP) is 3.21. The Kier molecular flexibility index (Phi) is 7.74. The van der Waals surface area contributed by atoms with E-state index in [0.29, 0.717) is 5.92 Å². The maximum Gasteiger partial charge on any atom is 0.306 e. The van der Waals surface area contributed by atoms with Crippen LogP contribution < -0.4 is 5.32 Å². The van der Waals surface area contributed by atoms with Crippen molar-refractivity contribution < 1.29 is 9.90 Å². The minimum atomic E-state index is -0.604. The molecule has 0 radical (unpaired) electrons. The van der Waals surface area contributed by atoms with Gasteiger partial charge in [-0.3, -0.25) is 4.79 Å². The van der Waals surface area contributed by atoms with Gasteiger partial charge in [-0.15, -0.1) is 6.58 Å². The second-order valence-electron chi connectivity index (χ2n) is 5.33. The number of hydrogen-bond donors (Lipinski definition) is 2. The lowest BCUT2D eigenvalue weighted by Gasteiger charge is -2.28. The molecule has 2 atom stereocenters. The van der Waals surface area contributed by atoms with Gasteiger partial charge in [-0.2, -0.15) is 0 Å². The van der Waals surface area contributed by atoms with E-state index < -0.39 is 5.97 Å². The summed E-state index contributed by atoms with van der Waals surface area (Å²) in [7, 11) is 0. The maximum atomic E-state index is 11.1. The molecule has 1 saturated carbocycles. The minimum absolute atomic E-state index is 0.119. The lowest BCUT2D eigenvalue weighted by atomic mass is 9.79. The van der Waals surface area contributed by atoms with E-state index >= 15 is 0 Å². The average Bonchev–Trinajstić information content (AvgIpc) is 2.38. The minimum Gasteiger partial charge on any atom is -0.481 e. The molecule has 3 heteroatoms. The fourth-order valence-corrected chi connectivity index (χ4v) is 2.78. The molecule has 18 heavy (non-hydrogen) atoms. The molecular weight excluding hydrogens is 226 g/mol. The number of carboxylic acids is 1. The first-order valence-electron chi connectivity index (χ1n) is 7.30. The van der Waals surface area contributed by atoms with Crippen LogP contribution in [0.4, 0.5) is 0 Å². The Morgan fingerprint density at radius 3 is 2.78 bits per heavy atom. The van der Waals surface area contributed by atoms with Gasteiger partial charge in [0, 0.05) is 0 Å². The summed E-state index contributed by atoms with van der Waals surface area (Å²) in [6.45, 7) is 5.60. The number of nitrogens with one attached hydrogen (secondary N) is 1. The molecule has 0 heterocycles. The average molecular weight is 253 g/mol. The Balaban J connectivity index is 2.09. The number of rotatable bonds is 9. The number of unbranched alkanes of at least 4 members (excludes halogenated alkanes) is 3. The second-order valence-corrected chi connectivity index (χ2v) is 5.33. The zero-order valence-corrected chi connectivity index (χ0v) is 11.4. The molecule has 0 saturated heterocycles. The van der Waals surface area contributed by atoms with Crippen LogP contribution in [0.5, 0.6) is 0 Å². The van der Waals surface area contributed by atoms with Crippen molar-refractivity contribution in [3.8, 4) is 0 Å². The maximum absolute atomic E-state index is 11.1. The first-order chi connectivity index (χ1) is 8.75. The number of allylic oxidation sites excluding steroid dienone is 1. The molecule has 104 valence electrons. The molecule has 1 rings (SSSR count). The Morgan fingerprint density at radius 1 is 1.28 bits per heavy atom. The van der Waals surface area contributed by atoms with Gasteiger partial charge in [-0.25, -0.2) is 0 Å². The van der Waals surface area contributed by atoms with Crippen molar-refractivity contribution in [1.29, 1.82) is 0 Å². The molecule has 3 nitrogen and oxygen atoms in total. The number of carbonyl (C=O) groups is 1. The quantitative estimate of drug-likeness (QED) is 0.490. The molecule has 1 aliphatic rings. The van der Waals surface area contributed by atoms with Gasteiger partial charge in [0.25, 0.3) is 0 Å². The highest BCUT2D eigenvalue weighted by atomic mass is 16.4. The molecular formula is C15H27NO2. The summed E-state index contributed by atoms with van der Waals surface area (Å²) in [6.07, 6.45) is 10.9. The molecule has 1 fully saturated rings. The Hall–Kier alpha value is -0.830. The molecule has 2 N–H and O–H groups in total. The molecule has 0 amide bonds. The predicted molar refractivity (Wildman–Crippen MR) is 74.6 cm³/mol. The Morgan fingerprint density at radius 2 is 2.06 bits per heavy atom. The largest absolute Gasteiger partial charge is 0.481 e. The first-order valence-corrected chi connectivity index (χ1v) is 7.30. The molecule has 0 spiro atoms. The van der Waals surface area contributed by atoms with E-state index in [1.165, 1.54) is 25.7 Å². The highest BCUT2D eigenvalue weighted by Gasteiger charge is 2.30. The zero-order valence-electron chi connectivity index (χ0n) is 11.4. The van der Waals surface area contributed by atoms with E-state index in [1.807, 2.05) is 6.08 Å². The SMILES string of the molecule is C=CCCCCCNCC1CCCCC1C(=O)O. The molecule has 1 aliphatic carbocycles. The van der Waals surface area contributed by atoms with Crippen LogP contribution in [-0.2, 0) is 4.79 Å². The van der Waals surface area contributed by atoms with Gasteiger partial charge in [0.05, 0.1) is 5.92 Å². The Bertz CT molecular complexity index is 253. The Labute approximate surface area is 111 Å². The monoisotopic (exact) mass is 253 g/mol. The van der Waals surface area contributed by atoms with Crippen LogP contribution >= 0.6 is 0 Å². The van der Waals surface area contributed by atoms with Crippen molar-refractivity contribution in [2.75, 3.05) is 13.1 Å². The van der Waals surface area contributed by atoms with E-state index in [2.05, 4.69) is 11.9 Å². The third-order valence-corrected chi connectivity index (χ3v) is 3.89. The second kappa shape index (κ2) is 9.15. The van der Waals surface area contributed by atoms with Crippen molar-refractivity contribution in [1.82, 2.24) is 5.32 Å². The van der Waals surface area contributed by atoms with Crippen LogP contribution in [0.2, 0.25) is 0 Å². The van der Waals surface area contributed by atoms with Gasteiger partial charge in [-0.05, 0) is 51.1 Å².